The van der Waals surface area contributed by atoms with Crippen molar-refractivity contribution >= 4 is 38.4 Å². The van der Waals surface area contributed by atoms with Crippen LogP contribution in [0.1, 0.15) is 53.2 Å². The molecule has 1 aliphatic rings. The van der Waals surface area contributed by atoms with Crippen LogP contribution >= 0.6 is 11.3 Å². The van der Waals surface area contributed by atoms with Gasteiger partial charge < -0.3 is 20.7 Å². The number of benzene rings is 1. The third kappa shape index (κ3) is 6.62. The van der Waals surface area contributed by atoms with E-state index in [1.54, 1.807) is 18.2 Å². The van der Waals surface area contributed by atoms with Gasteiger partial charge in [-0.05, 0) is 64.8 Å². The number of hydrogen-bond donors (Lipinski definition) is 3. The quantitative estimate of drug-likeness (QED) is 0.206. The molecule has 13 heteroatoms. The van der Waals surface area contributed by atoms with Gasteiger partial charge in [-0.25, -0.2) is 24.3 Å². The summed E-state index contributed by atoms with van der Waals surface area (Å²) in [6.45, 7) is 7.88. The van der Waals surface area contributed by atoms with Crippen LogP contribution in [0.2, 0.25) is 0 Å². The maximum absolute atomic E-state index is 14.4. The van der Waals surface area contributed by atoms with Crippen molar-refractivity contribution < 1.29 is 22.7 Å². The molecule has 0 bridgehead atoms. The van der Waals surface area contributed by atoms with Crippen molar-refractivity contribution in [2.24, 2.45) is 0 Å². The standard InChI is InChI=1S/C29H32F3N7O2S/c1-16(40)35-26-38-24-20(7-6-8-21(24)42-26)41-23-11-19(33-15-34-23)18-9-10-22(29(31,32)14-30)37-25(18)36-17-12-27(2,3)39-28(4,5)13-17/h6-11,15,17,39H,12-14H2,1-5H3,(H,36,37)(H,35,38,40). The van der Waals surface area contributed by atoms with Gasteiger partial charge in [0, 0.05) is 35.7 Å². The Morgan fingerprint density at radius 2 is 1.86 bits per heavy atom. The fourth-order valence-corrected chi connectivity index (χ4v) is 6.46. The first-order chi connectivity index (χ1) is 19.7. The van der Waals surface area contributed by atoms with Crippen molar-refractivity contribution in [2.75, 3.05) is 17.3 Å². The Hall–Kier alpha value is -3.84. The second kappa shape index (κ2) is 11.1. The number of amides is 1. The van der Waals surface area contributed by atoms with Crippen LogP contribution in [-0.4, -0.2) is 49.6 Å². The van der Waals surface area contributed by atoms with E-state index in [4.69, 9.17) is 4.74 Å². The molecule has 4 heterocycles. The third-order valence-corrected chi connectivity index (χ3v) is 7.70. The van der Waals surface area contributed by atoms with Crippen LogP contribution in [0.4, 0.5) is 24.1 Å². The number of thiazole rings is 1. The lowest BCUT2D eigenvalue weighted by molar-refractivity contribution is -0.114. The number of para-hydroxylation sites is 1. The summed E-state index contributed by atoms with van der Waals surface area (Å²) < 4.78 is 48.9. The van der Waals surface area contributed by atoms with Crippen molar-refractivity contribution in [2.45, 2.75) is 70.5 Å². The number of nitrogens with one attached hydrogen (secondary N) is 3. The number of aromatic nitrogens is 4. The smallest absolute Gasteiger partial charge is 0.317 e. The molecule has 1 aromatic carbocycles. The zero-order valence-electron chi connectivity index (χ0n) is 23.9. The number of nitrogens with zero attached hydrogens (tertiary/aromatic N) is 4. The van der Waals surface area contributed by atoms with E-state index < -0.39 is 18.3 Å². The summed E-state index contributed by atoms with van der Waals surface area (Å²) >= 11 is 1.31. The number of pyridine rings is 1. The predicted octanol–water partition coefficient (Wildman–Crippen LogP) is 6.68. The molecule has 0 saturated carbocycles. The Kier molecular flexibility index (Phi) is 7.84. The van der Waals surface area contributed by atoms with Crippen LogP contribution < -0.4 is 20.7 Å². The van der Waals surface area contributed by atoms with E-state index in [2.05, 4.69) is 63.6 Å². The molecule has 3 aromatic heterocycles. The first-order valence-corrected chi connectivity index (χ1v) is 14.2. The lowest BCUT2D eigenvalue weighted by atomic mass is 9.79. The van der Waals surface area contributed by atoms with E-state index >= 15 is 0 Å². The second-order valence-electron chi connectivity index (χ2n) is 11.7. The summed E-state index contributed by atoms with van der Waals surface area (Å²) in [5.41, 5.74) is 0.263. The number of carbonyl (C=O) groups excluding carboxylic acids is 1. The van der Waals surface area contributed by atoms with Gasteiger partial charge >= 0.3 is 5.92 Å². The van der Waals surface area contributed by atoms with Crippen LogP contribution in [0.15, 0.2) is 42.7 Å². The normalized spacial score (nSPS) is 16.8. The van der Waals surface area contributed by atoms with Gasteiger partial charge in [0.2, 0.25) is 11.8 Å². The molecule has 9 nitrogen and oxygen atoms in total. The fraction of sp³-hybridized carbons (Fsp3) is 0.414. The molecule has 4 aromatic rings. The minimum Gasteiger partial charge on any atom is -0.437 e. The number of carbonyl (C=O) groups is 1. The van der Waals surface area contributed by atoms with E-state index in [0.29, 0.717) is 40.5 Å². The Bertz CT molecular complexity index is 1610. The lowest BCUT2D eigenvalue weighted by Crippen LogP contribution is -2.60. The van der Waals surface area contributed by atoms with Crippen molar-refractivity contribution in [3.05, 3.63) is 48.4 Å². The molecule has 222 valence electrons. The molecule has 1 fully saturated rings. The number of piperidine rings is 1. The molecule has 0 radical (unpaired) electrons. The summed E-state index contributed by atoms with van der Waals surface area (Å²) in [6, 6.07) is 9.42. The van der Waals surface area contributed by atoms with Crippen molar-refractivity contribution in [3.8, 4) is 22.9 Å². The van der Waals surface area contributed by atoms with Gasteiger partial charge in [0.05, 0.1) is 10.4 Å². The molecule has 0 unspecified atom stereocenters. The highest BCUT2D eigenvalue weighted by molar-refractivity contribution is 7.22. The predicted molar refractivity (Wildman–Crippen MR) is 157 cm³/mol. The highest BCUT2D eigenvalue weighted by atomic mass is 32.1. The molecule has 1 amide bonds. The number of anilines is 2. The van der Waals surface area contributed by atoms with Gasteiger partial charge in [0.1, 0.15) is 23.4 Å². The first-order valence-electron chi connectivity index (χ1n) is 13.4. The molecular weight excluding hydrogens is 567 g/mol. The van der Waals surface area contributed by atoms with Crippen LogP contribution in [-0.2, 0) is 10.7 Å². The topological polar surface area (TPSA) is 114 Å². The lowest BCUT2D eigenvalue weighted by Gasteiger charge is -2.46. The minimum absolute atomic E-state index is 0.102. The second-order valence-corrected chi connectivity index (χ2v) is 12.8. The summed E-state index contributed by atoms with van der Waals surface area (Å²) in [6.07, 6.45) is 2.72. The highest BCUT2D eigenvalue weighted by Crippen LogP contribution is 2.38. The number of ether oxygens (including phenoxy) is 1. The molecule has 0 aliphatic carbocycles. The SMILES string of the molecule is CC(=O)Nc1nc2c(Oc3cc(-c4ccc(C(F)(F)CF)nc4NC4CC(C)(C)NC(C)(C)C4)ncn3)cccc2s1. The largest absolute Gasteiger partial charge is 0.437 e. The first kappa shape index (κ1) is 29.6. The Morgan fingerprint density at radius 3 is 2.55 bits per heavy atom. The Balaban J connectivity index is 1.50. The van der Waals surface area contributed by atoms with Gasteiger partial charge in [0.15, 0.2) is 17.6 Å². The summed E-state index contributed by atoms with van der Waals surface area (Å²) in [5.74, 6) is -3.19. The van der Waals surface area contributed by atoms with E-state index in [0.717, 1.165) is 10.8 Å². The number of alkyl halides is 3. The van der Waals surface area contributed by atoms with Gasteiger partial charge in [-0.3, -0.25) is 4.79 Å². The van der Waals surface area contributed by atoms with Crippen molar-refractivity contribution in [3.63, 3.8) is 0 Å². The van der Waals surface area contributed by atoms with Gasteiger partial charge in [-0.2, -0.15) is 8.78 Å². The van der Waals surface area contributed by atoms with Gasteiger partial charge in [-0.1, -0.05) is 17.4 Å². The van der Waals surface area contributed by atoms with Crippen molar-refractivity contribution in [1.82, 2.24) is 25.3 Å². The molecular formula is C29H32F3N7O2S. The number of fused-ring (bicyclic) bond motifs is 1. The average Bonchev–Trinajstić information content (AvgIpc) is 3.30. The molecule has 1 aliphatic heterocycles. The highest BCUT2D eigenvalue weighted by Gasteiger charge is 2.39. The van der Waals surface area contributed by atoms with Crippen LogP contribution in [0.3, 0.4) is 0 Å². The number of rotatable bonds is 8. The Labute approximate surface area is 245 Å². The monoisotopic (exact) mass is 599 g/mol. The zero-order valence-corrected chi connectivity index (χ0v) is 24.7. The number of hydrogen-bond acceptors (Lipinski definition) is 9. The van der Waals surface area contributed by atoms with Crippen LogP contribution in [0, 0.1) is 0 Å². The minimum atomic E-state index is -3.73. The summed E-state index contributed by atoms with van der Waals surface area (Å²) in [5, 5.41) is 10.1. The van der Waals surface area contributed by atoms with Gasteiger partial charge in [0.25, 0.3) is 0 Å². The van der Waals surface area contributed by atoms with E-state index in [9.17, 15) is 18.0 Å². The maximum atomic E-state index is 14.4. The molecule has 3 N–H and O–H groups in total. The molecule has 1 saturated heterocycles. The van der Waals surface area contributed by atoms with E-state index in [1.165, 1.54) is 30.7 Å². The van der Waals surface area contributed by atoms with E-state index in [1.807, 2.05) is 6.07 Å². The van der Waals surface area contributed by atoms with Gasteiger partial charge in [-0.15, -0.1) is 0 Å². The van der Waals surface area contributed by atoms with Crippen LogP contribution in [0.5, 0.6) is 11.6 Å². The van der Waals surface area contributed by atoms with Crippen molar-refractivity contribution in [1.29, 1.82) is 0 Å². The molecule has 42 heavy (non-hydrogen) atoms. The van der Waals surface area contributed by atoms with Crippen LogP contribution in [0.25, 0.3) is 21.5 Å². The summed E-state index contributed by atoms with van der Waals surface area (Å²) in [4.78, 5) is 28.7. The third-order valence-electron chi connectivity index (χ3n) is 6.77. The maximum Gasteiger partial charge on any atom is 0.317 e. The molecule has 0 spiro atoms. The average molecular weight is 600 g/mol. The Morgan fingerprint density at radius 1 is 1.12 bits per heavy atom. The van der Waals surface area contributed by atoms with E-state index in [-0.39, 0.29) is 34.7 Å². The summed E-state index contributed by atoms with van der Waals surface area (Å²) in [7, 11) is 0. The molecule has 5 rings (SSSR count). The zero-order chi connectivity index (χ0) is 30.3. The fourth-order valence-electron chi connectivity index (χ4n) is 5.53. The molecule has 0 atom stereocenters. The number of halogens is 3.